The third kappa shape index (κ3) is 2.20. The number of pyridine rings is 3. The van der Waals surface area contributed by atoms with E-state index in [2.05, 4.69) is 69.0 Å². The number of rotatable bonds is 0. The minimum atomic E-state index is 0.914. The Bertz CT molecular complexity index is 2070. The first-order chi connectivity index (χ1) is 17.3. The number of fused-ring (bicyclic) bond motifs is 14. The summed E-state index contributed by atoms with van der Waals surface area (Å²) in [7, 11) is 0. The van der Waals surface area contributed by atoms with E-state index in [1.165, 1.54) is 55.3 Å². The molecule has 0 atom stereocenters. The fourth-order valence-corrected chi connectivity index (χ4v) is 6.43. The molecule has 0 unspecified atom stereocenters. The van der Waals surface area contributed by atoms with Crippen LogP contribution >= 0.6 is 0 Å². The van der Waals surface area contributed by atoms with E-state index in [9.17, 15) is 0 Å². The van der Waals surface area contributed by atoms with E-state index in [4.69, 9.17) is 4.98 Å². The van der Waals surface area contributed by atoms with Gasteiger partial charge in [-0.25, -0.2) is 4.98 Å². The van der Waals surface area contributed by atoms with Crippen molar-refractivity contribution in [3.05, 3.63) is 108 Å². The topological polar surface area (TPSA) is 43.1 Å². The van der Waals surface area contributed by atoms with Crippen molar-refractivity contribution in [2.75, 3.05) is 0 Å². The van der Waals surface area contributed by atoms with E-state index in [1.807, 2.05) is 30.9 Å². The van der Waals surface area contributed by atoms with E-state index in [-0.39, 0.29) is 0 Å². The number of hydrogen-bond donors (Lipinski definition) is 0. The molecule has 7 aromatic rings. The van der Waals surface area contributed by atoms with Crippen molar-refractivity contribution in [2.24, 2.45) is 0 Å². The predicted molar refractivity (Wildman–Crippen MR) is 140 cm³/mol. The summed E-state index contributed by atoms with van der Waals surface area (Å²) in [5.74, 6) is 0. The second-order valence-electron chi connectivity index (χ2n) is 9.76. The lowest BCUT2D eigenvalue weighted by Gasteiger charge is -2.11. The van der Waals surface area contributed by atoms with Crippen LogP contribution in [0, 0.1) is 0 Å². The smallest absolute Gasteiger partial charge is 0.146 e. The zero-order valence-electron chi connectivity index (χ0n) is 18.8. The summed E-state index contributed by atoms with van der Waals surface area (Å²) in [6, 6.07) is 22.6. The molecule has 0 fully saturated rings. The zero-order chi connectivity index (χ0) is 22.7. The second-order valence-corrected chi connectivity index (χ2v) is 9.76. The molecule has 0 saturated carbocycles. The molecular formula is C31H18N4. The molecular weight excluding hydrogens is 428 g/mol. The summed E-state index contributed by atoms with van der Waals surface area (Å²) in [4.78, 5) is 13.8. The molecule has 0 aliphatic heterocycles. The number of benzene rings is 3. The first-order valence-corrected chi connectivity index (χ1v) is 12.0. The van der Waals surface area contributed by atoms with E-state index in [1.54, 1.807) is 0 Å². The van der Waals surface area contributed by atoms with Crippen molar-refractivity contribution in [1.29, 1.82) is 0 Å². The van der Waals surface area contributed by atoms with E-state index >= 15 is 0 Å². The van der Waals surface area contributed by atoms with Crippen LogP contribution in [0.1, 0.15) is 22.3 Å². The Morgan fingerprint density at radius 3 is 2.20 bits per heavy atom. The highest BCUT2D eigenvalue weighted by atomic mass is 15.0. The van der Waals surface area contributed by atoms with Crippen molar-refractivity contribution < 1.29 is 0 Å². The largest absolute Gasteiger partial charge is 0.291 e. The Balaban J connectivity index is 1.37. The lowest BCUT2D eigenvalue weighted by atomic mass is 9.96. The van der Waals surface area contributed by atoms with Gasteiger partial charge in [-0.1, -0.05) is 24.3 Å². The van der Waals surface area contributed by atoms with Crippen LogP contribution in [0.15, 0.2) is 85.5 Å². The van der Waals surface area contributed by atoms with Gasteiger partial charge in [-0.2, -0.15) is 0 Å². The number of aromatic nitrogens is 4. The van der Waals surface area contributed by atoms with Crippen LogP contribution in [0.5, 0.6) is 0 Å². The molecule has 0 saturated heterocycles. The van der Waals surface area contributed by atoms with E-state index in [0.717, 1.165) is 40.4 Å². The van der Waals surface area contributed by atoms with Gasteiger partial charge in [0.25, 0.3) is 0 Å². The van der Waals surface area contributed by atoms with Crippen molar-refractivity contribution in [2.45, 2.75) is 12.8 Å². The first kappa shape index (κ1) is 17.8. The fraction of sp³-hybridized carbons (Fsp3) is 0.0645. The van der Waals surface area contributed by atoms with Gasteiger partial charge in [-0.15, -0.1) is 0 Å². The maximum absolute atomic E-state index is 5.02. The van der Waals surface area contributed by atoms with Gasteiger partial charge in [0.1, 0.15) is 11.2 Å². The quantitative estimate of drug-likeness (QED) is 0.243. The molecule has 0 bridgehead atoms. The Morgan fingerprint density at radius 2 is 1.29 bits per heavy atom. The van der Waals surface area contributed by atoms with Gasteiger partial charge < -0.3 is 0 Å². The van der Waals surface area contributed by atoms with E-state index < -0.39 is 0 Å². The minimum Gasteiger partial charge on any atom is -0.291 e. The molecule has 9 rings (SSSR count). The maximum Gasteiger partial charge on any atom is 0.146 e. The molecule has 4 nitrogen and oxygen atoms in total. The van der Waals surface area contributed by atoms with Gasteiger partial charge >= 0.3 is 0 Å². The normalized spacial score (nSPS) is 13.5. The molecule has 0 amide bonds. The first-order valence-electron chi connectivity index (χ1n) is 12.0. The van der Waals surface area contributed by atoms with Crippen molar-refractivity contribution >= 4 is 38.4 Å². The fourth-order valence-electron chi connectivity index (χ4n) is 6.43. The third-order valence-corrected chi connectivity index (χ3v) is 7.96. The van der Waals surface area contributed by atoms with Crippen molar-refractivity contribution in [1.82, 2.24) is 19.4 Å². The number of nitrogens with zero attached hydrogens (tertiary/aromatic N) is 4. The highest BCUT2D eigenvalue weighted by Gasteiger charge is 2.26. The number of hydrogen-bond acceptors (Lipinski definition) is 3. The van der Waals surface area contributed by atoms with Gasteiger partial charge in [0.05, 0.1) is 17.2 Å². The monoisotopic (exact) mass is 446 g/mol. The molecule has 2 aliphatic rings. The second kappa shape index (κ2) is 6.10. The molecule has 0 radical (unpaired) electrons. The highest BCUT2D eigenvalue weighted by Crippen LogP contribution is 2.46. The van der Waals surface area contributed by atoms with Gasteiger partial charge in [-0.05, 0) is 99.1 Å². The van der Waals surface area contributed by atoms with Crippen LogP contribution in [0.4, 0.5) is 0 Å². The Labute approximate surface area is 200 Å². The molecule has 3 aromatic carbocycles. The molecule has 4 heterocycles. The lowest BCUT2D eigenvalue weighted by Crippen LogP contribution is -1.93. The third-order valence-electron chi connectivity index (χ3n) is 7.96. The van der Waals surface area contributed by atoms with Crippen LogP contribution in [0.2, 0.25) is 0 Å². The molecule has 162 valence electrons. The Kier molecular flexibility index (Phi) is 3.11. The lowest BCUT2D eigenvalue weighted by molar-refractivity contribution is 1.24. The summed E-state index contributed by atoms with van der Waals surface area (Å²) in [5.41, 5.74) is 15.3. The van der Waals surface area contributed by atoms with Crippen LogP contribution < -0.4 is 0 Å². The van der Waals surface area contributed by atoms with Crippen LogP contribution in [-0.4, -0.2) is 19.4 Å². The average molecular weight is 447 g/mol. The van der Waals surface area contributed by atoms with Gasteiger partial charge in [-0.3, -0.25) is 14.4 Å². The van der Waals surface area contributed by atoms with Crippen LogP contribution in [0.25, 0.3) is 60.6 Å². The molecule has 4 heteroatoms. The van der Waals surface area contributed by atoms with E-state index in [0.29, 0.717) is 0 Å². The molecule has 4 aromatic heterocycles. The summed E-state index contributed by atoms with van der Waals surface area (Å²) < 4.78 is 2.26. The van der Waals surface area contributed by atoms with Crippen molar-refractivity contribution in [3.8, 4) is 22.3 Å². The minimum absolute atomic E-state index is 0.914. The van der Waals surface area contributed by atoms with Crippen LogP contribution in [-0.2, 0) is 12.8 Å². The van der Waals surface area contributed by atoms with Crippen LogP contribution in [0.3, 0.4) is 0 Å². The maximum atomic E-state index is 5.02. The zero-order valence-corrected chi connectivity index (χ0v) is 18.8. The van der Waals surface area contributed by atoms with Gasteiger partial charge in [0.15, 0.2) is 0 Å². The molecule has 0 spiro atoms. The van der Waals surface area contributed by atoms with Gasteiger partial charge in [0, 0.05) is 29.4 Å². The summed E-state index contributed by atoms with van der Waals surface area (Å²) in [5, 5.41) is 3.53. The Morgan fingerprint density at radius 1 is 0.571 bits per heavy atom. The Hall–Kier alpha value is -4.57. The average Bonchev–Trinajstić information content (AvgIpc) is 3.57. The molecule has 35 heavy (non-hydrogen) atoms. The molecule has 2 aliphatic carbocycles. The standard InChI is InChI=1S/C31H18N4/c1-2-4-21-17(3-1)9-18-12-23-19(11-22(18)21)10-20-13-26-25(14-24(20)23)27-15-32-7-5-29(27)35-30-6-8-33-16-28(30)34-31(26)35/h1-8,11-16H,9-10H2. The van der Waals surface area contributed by atoms with Crippen molar-refractivity contribution in [3.63, 3.8) is 0 Å². The summed E-state index contributed by atoms with van der Waals surface area (Å²) in [6.45, 7) is 0. The highest BCUT2D eigenvalue weighted by molar-refractivity contribution is 6.15. The SMILES string of the molecule is c1ccc2c(c1)Cc1cc3c(cc1-2)Cc1cc2c(cc1-3)c1cnccc1n1c3ccncc3nc21. The summed E-state index contributed by atoms with van der Waals surface area (Å²) >= 11 is 0. The predicted octanol–water partition coefficient (Wildman–Crippen LogP) is 6.73. The molecule has 0 N–H and O–H groups in total. The summed E-state index contributed by atoms with van der Waals surface area (Å²) in [6.07, 6.45) is 9.52. The number of imidazole rings is 1. The van der Waals surface area contributed by atoms with Gasteiger partial charge in [0.2, 0.25) is 0 Å².